The van der Waals surface area contributed by atoms with Gasteiger partial charge in [-0.1, -0.05) is 19.3 Å². The predicted molar refractivity (Wildman–Crippen MR) is 101 cm³/mol. The number of hydrogen-bond donors (Lipinski definition) is 0. The maximum Gasteiger partial charge on any atom is 0.573 e. The smallest absolute Gasteiger partial charge is 0.406 e. The van der Waals surface area contributed by atoms with E-state index >= 15 is 0 Å². The maximum absolute atomic E-state index is 12.7. The van der Waals surface area contributed by atoms with Crippen molar-refractivity contribution in [1.29, 1.82) is 0 Å². The molecule has 1 aliphatic carbocycles. The number of nitrogens with zero attached hydrogens (tertiary/aromatic N) is 2. The molecule has 11 heteroatoms. The quantitative estimate of drug-likeness (QED) is 0.666. The van der Waals surface area contributed by atoms with E-state index in [2.05, 4.69) is 4.74 Å². The zero-order valence-electron chi connectivity index (χ0n) is 16.4. The van der Waals surface area contributed by atoms with Crippen LogP contribution in [0.2, 0.25) is 0 Å². The van der Waals surface area contributed by atoms with Gasteiger partial charge >= 0.3 is 6.36 Å². The molecule has 0 spiro atoms. The monoisotopic (exact) mass is 450 g/mol. The Morgan fingerprint density at radius 1 is 1.00 bits per heavy atom. The summed E-state index contributed by atoms with van der Waals surface area (Å²) in [5, 5.41) is 0. The van der Waals surface area contributed by atoms with Gasteiger partial charge in [0.15, 0.2) is 0 Å². The van der Waals surface area contributed by atoms with Crippen LogP contribution < -0.4 is 4.74 Å². The maximum atomic E-state index is 12.7. The summed E-state index contributed by atoms with van der Waals surface area (Å²) < 4.78 is 72.8. The highest BCUT2D eigenvalue weighted by Crippen LogP contribution is 2.25. The second-order valence-electron chi connectivity index (χ2n) is 7.38. The molecule has 0 aromatic heterocycles. The van der Waals surface area contributed by atoms with Crippen molar-refractivity contribution in [2.75, 3.05) is 32.8 Å². The van der Waals surface area contributed by atoms with Crippen LogP contribution in [0.4, 0.5) is 13.2 Å². The lowest BCUT2D eigenvalue weighted by molar-refractivity contribution is -0.274. The predicted octanol–water partition coefficient (Wildman–Crippen LogP) is 2.77. The summed E-state index contributed by atoms with van der Waals surface area (Å²) in [5.74, 6) is -0.652. The normalized spacial score (nSPS) is 19.6. The van der Waals surface area contributed by atoms with E-state index < -0.39 is 22.1 Å². The molecule has 1 aromatic rings. The van der Waals surface area contributed by atoms with Crippen LogP contribution in [0.1, 0.15) is 32.1 Å². The lowest BCUT2D eigenvalue weighted by Crippen LogP contribution is -2.51. The minimum Gasteiger partial charge on any atom is -0.406 e. The van der Waals surface area contributed by atoms with Crippen LogP contribution in [0.3, 0.4) is 0 Å². The van der Waals surface area contributed by atoms with Crippen molar-refractivity contribution in [2.24, 2.45) is 0 Å². The van der Waals surface area contributed by atoms with Crippen molar-refractivity contribution in [3.05, 3.63) is 24.3 Å². The Morgan fingerprint density at radius 2 is 1.60 bits per heavy atom. The third kappa shape index (κ3) is 6.08. The number of alkyl halides is 3. The molecule has 1 amide bonds. The number of carbonyl (C=O) groups is 1. The van der Waals surface area contributed by atoms with E-state index in [4.69, 9.17) is 4.74 Å². The van der Waals surface area contributed by atoms with Crippen molar-refractivity contribution in [3.63, 3.8) is 0 Å². The van der Waals surface area contributed by atoms with Crippen molar-refractivity contribution >= 4 is 15.9 Å². The van der Waals surface area contributed by atoms with Crippen LogP contribution in [0.15, 0.2) is 29.2 Å². The Balaban J connectivity index is 1.51. The van der Waals surface area contributed by atoms with Gasteiger partial charge in [0.1, 0.15) is 12.4 Å². The molecule has 3 rings (SSSR count). The number of benzene rings is 1. The van der Waals surface area contributed by atoms with Gasteiger partial charge in [0, 0.05) is 26.2 Å². The molecule has 2 aliphatic rings. The number of sulfonamides is 1. The first-order valence-electron chi connectivity index (χ1n) is 9.90. The Labute approximate surface area is 173 Å². The molecule has 0 bridgehead atoms. The van der Waals surface area contributed by atoms with Crippen LogP contribution in [0.25, 0.3) is 0 Å². The van der Waals surface area contributed by atoms with Gasteiger partial charge in [-0.3, -0.25) is 4.79 Å². The lowest BCUT2D eigenvalue weighted by atomic mass is 9.98. The van der Waals surface area contributed by atoms with E-state index in [0.717, 1.165) is 49.9 Å². The fourth-order valence-corrected chi connectivity index (χ4v) is 5.07. The first-order valence-corrected chi connectivity index (χ1v) is 11.3. The highest BCUT2D eigenvalue weighted by atomic mass is 32.2. The van der Waals surface area contributed by atoms with Gasteiger partial charge in [0.05, 0.1) is 11.0 Å². The summed E-state index contributed by atoms with van der Waals surface area (Å²) in [5.41, 5.74) is 0. The van der Waals surface area contributed by atoms with Crippen LogP contribution in [0, 0.1) is 0 Å². The van der Waals surface area contributed by atoms with Crippen LogP contribution in [0.5, 0.6) is 5.75 Å². The Bertz CT molecular complexity index is 816. The summed E-state index contributed by atoms with van der Waals surface area (Å²) in [7, 11) is -3.87. The van der Waals surface area contributed by atoms with E-state index in [-0.39, 0.29) is 49.7 Å². The average molecular weight is 450 g/mol. The summed E-state index contributed by atoms with van der Waals surface area (Å²) in [6, 6.07) is 4.07. The molecule has 1 aliphatic heterocycles. The van der Waals surface area contributed by atoms with Gasteiger partial charge in [-0.15, -0.1) is 13.2 Å². The van der Waals surface area contributed by atoms with Gasteiger partial charge in [0.2, 0.25) is 15.9 Å². The number of piperazine rings is 1. The standard InChI is InChI=1S/C19H25F3N2O5S/c20-19(21,22)29-16-6-8-17(9-7-16)30(26,27)24-12-10-23(11-13-24)18(25)14-28-15-4-2-1-3-5-15/h6-9,15H,1-5,10-14H2. The van der Waals surface area contributed by atoms with Crippen molar-refractivity contribution in [3.8, 4) is 5.75 Å². The third-order valence-electron chi connectivity index (χ3n) is 5.28. The SMILES string of the molecule is O=C(COC1CCCCC1)N1CCN(S(=O)(=O)c2ccc(OC(F)(F)F)cc2)CC1. The molecule has 0 N–H and O–H groups in total. The van der Waals surface area contributed by atoms with Crippen LogP contribution in [-0.4, -0.2) is 68.8 Å². The summed E-state index contributed by atoms with van der Waals surface area (Å²) >= 11 is 0. The molecular formula is C19H25F3N2O5S. The van der Waals surface area contributed by atoms with E-state index in [0.29, 0.717) is 0 Å². The van der Waals surface area contributed by atoms with Gasteiger partial charge in [-0.25, -0.2) is 8.42 Å². The van der Waals surface area contributed by atoms with Gasteiger partial charge < -0.3 is 14.4 Å². The molecule has 1 aromatic carbocycles. The number of rotatable bonds is 6. The van der Waals surface area contributed by atoms with Crippen LogP contribution >= 0.6 is 0 Å². The Hall–Kier alpha value is -1.85. The molecule has 7 nitrogen and oxygen atoms in total. The number of hydrogen-bond acceptors (Lipinski definition) is 5. The number of carbonyl (C=O) groups excluding carboxylic acids is 1. The minimum atomic E-state index is -4.84. The second-order valence-corrected chi connectivity index (χ2v) is 9.31. The third-order valence-corrected chi connectivity index (χ3v) is 7.19. The Morgan fingerprint density at radius 3 is 2.17 bits per heavy atom. The molecule has 2 fully saturated rings. The molecule has 1 saturated heterocycles. The first-order chi connectivity index (χ1) is 14.1. The largest absolute Gasteiger partial charge is 0.573 e. The number of amides is 1. The topological polar surface area (TPSA) is 76.2 Å². The summed E-state index contributed by atoms with van der Waals surface area (Å²) in [6.07, 6.45) is 0.621. The Kier molecular flexibility index (Phi) is 7.25. The highest BCUT2D eigenvalue weighted by molar-refractivity contribution is 7.89. The van der Waals surface area contributed by atoms with E-state index in [1.165, 1.54) is 10.7 Å². The van der Waals surface area contributed by atoms with E-state index in [1.807, 2.05) is 0 Å². The molecule has 0 atom stereocenters. The molecule has 168 valence electrons. The molecule has 0 radical (unpaired) electrons. The van der Waals surface area contributed by atoms with Gasteiger partial charge in [0.25, 0.3) is 0 Å². The van der Waals surface area contributed by atoms with Crippen molar-refractivity contribution < 1.29 is 35.9 Å². The fraction of sp³-hybridized carbons (Fsp3) is 0.632. The zero-order chi connectivity index (χ0) is 21.8. The molecule has 0 unspecified atom stereocenters. The first kappa shape index (κ1) is 22.8. The number of halogens is 3. The lowest BCUT2D eigenvalue weighted by Gasteiger charge is -2.34. The van der Waals surface area contributed by atoms with Crippen molar-refractivity contribution in [2.45, 2.75) is 49.5 Å². The summed E-state index contributed by atoms with van der Waals surface area (Å²) in [4.78, 5) is 13.8. The van der Waals surface area contributed by atoms with Gasteiger partial charge in [-0.05, 0) is 37.1 Å². The summed E-state index contributed by atoms with van der Waals surface area (Å²) in [6.45, 7) is 0.692. The molecule has 1 heterocycles. The minimum absolute atomic E-state index is 0.00190. The molecule has 1 saturated carbocycles. The van der Waals surface area contributed by atoms with Crippen LogP contribution in [-0.2, 0) is 19.6 Å². The number of ether oxygens (including phenoxy) is 2. The highest BCUT2D eigenvalue weighted by Gasteiger charge is 2.33. The van der Waals surface area contributed by atoms with E-state index in [9.17, 15) is 26.4 Å². The zero-order valence-corrected chi connectivity index (χ0v) is 17.3. The second kappa shape index (κ2) is 9.52. The fourth-order valence-electron chi connectivity index (χ4n) is 3.65. The molecular weight excluding hydrogens is 425 g/mol. The average Bonchev–Trinajstić information content (AvgIpc) is 2.72. The van der Waals surface area contributed by atoms with E-state index in [1.54, 1.807) is 4.90 Å². The molecule has 30 heavy (non-hydrogen) atoms. The van der Waals surface area contributed by atoms with Gasteiger partial charge in [-0.2, -0.15) is 4.31 Å². The van der Waals surface area contributed by atoms with Crippen molar-refractivity contribution in [1.82, 2.24) is 9.21 Å².